The van der Waals surface area contributed by atoms with E-state index in [4.69, 9.17) is 4.74 Å². The molecule has 2 N–H and O–H groups in total. The minimum atomic E-state index is -0.400. The Kier molecular flexibility index (Phi) is 5.46. The number of H-pyrrole nitrogens is 1. The van der Waals surface area contributed by atoms with E-state index in [0.29, 0.717) is 17.9 Å². The van der Waals surface area contributed by atoms with E-state index in [2.05, 4.69) is 10.3 Å². The Morgan fingerprint density at radius 3 is 2.52 bits per heavy atom. The number of esters is 1. The average Bonchev–Trinajstić information content (AvgIpc) is 2.55. The van der Waals surface area contributed by atoms with E-state index in [0.717, 1.165) is 5.56 Å². The number of rotatable bonds is 5. The molecule has 0 spiro atoms. The normalized spacial score (nSPS) is 10.5. The zero-order valence-corrected chi connectivity index (χ0v) is 12.5. The van der Waals surface area contributed by atoms with Gasteiger partial charge in [0.25, 0.3) is 5.91 Å². The molecule has 1 aromatic heterocycles. The summed E-state index contributed by atoms with van der Waals surface area (Å²) in [6.07, 6.45) is 4.33. The quantitative estimate of drug-likeness (QED) is 0.654. The van der Waals surface area contributed by atoms with Gasteiger partial charge in [-0.25, -0.2) is 4.79 Å². The predicted molar refractivity (Wildman–Crippen MR) is 87.1 cm³/mol. The molecule has 0 atom stereocenters. The van der Waals surface area contributed by atoms with Crippen molar-refractivity contribution in [2.45, 2.75) is 6.92 Å². The van der Waals surface area contributed by atoms with Gasteiger partial charge < -0.3 is 15.0 Å². The number of nitrogens with one attached hydrogen (secondary N) is 2. The summed E-state index contributed by atoms with van der Waals surface area (Å²) in [5.74, 6) is -0.723. The molecule has 2 aromatic rings. The summed E-state index contributed by atoms with van der Waals surface area (Å²) in [7, 11) is 0. The second-order valence-electron chi connectivity index (χ2n) is 4.60. The Labute approximate surface area is 132 Å². The number of anilines is 1. The zero-order valence-electron chi connectivity index (χ0n) is 12.5. The number of ether oxygens (including phenoxy) is 1. The molecule has 1 aromatic carbocycles. The van der Waals surface area contributed by atoms with Crippen LogP contribution in [0.1, 0.15) is 22.8 Å². The number of aromatic nitrogens is 1. The molecule has 6 heteroatoms. The highest BCUT2D eigenvalue weighted by Gasteiger charge is 2.05. The molecule has 0 radical (unpaired) electrons. The lowest BCUT2D eigenvalue weighted by Gasteiger charge is -2.05. The summed E-state index contributed by atoms with van der Waals surface area (Å²) in [6, 6.07) is 9.70. The standard InChI is InChI=1S/C17H16N2O4/c1-2-23-16(21)10-5-12-3-7-14(8-4-12)19-17(22)13-6-9-15(20)18-11-13/h3-11H,2H2,1H3,(H,18,20)(H,19,22)/b10-5+. The van der Waals surface area contributed by atoms with Gasteiger partial charge in [0.15, 0.2) is 0 Å². The van der Waals surface area contributed by atoms with Crippen LogP contribution in [0.2, 0.25) is 0 Å². The van der Waals surface area contributed by atoms with Crippen LogP contribution in [0.3, 0.4) is 0 Å². The Hall–Kier alpha value is -3.15. The van der Waals surface area contributed by atoms with Crippen LogP contribution in [0.15, 0.2) is 53.5 Å². The van der Waals surface area contributed by atoms with Crippen molar-refractivity contribution in [3.8, 4) is 0 Å². The zero-order chi connectivity index (χ0) is 16.7. The highest BCUT2D eigenvalue weighted by molar-refractivity contribution is 6.04. The van der Waals surface area contributed by atoms with Gasteiger partial charge >= 0.3 is 5.97 Å². The summed E-state index contributed by atoms with van der Waals surface area (Å²) in [4.78, 5) is 36.6. The molecule has 0 saturated heterocycles. The van der Waals surface area contributed by atoms with Crippen molar-refractivity contribution in [2.24, 2.45) is 0 Å². The molecular formula is C17H16N2O4. The van der Waals surface area contributed by atoms with Crippen molar-refractivity contribution in [1.29, 1.82) is 0 Å². The fourth-order valence-corrected chi connectivity index (χ4v) is 1.79. The van der Waals surface area contributed by atoms with Crippen molar-refractivity contribution in [2.75, 3.05) is 11.9 Å². The van der Waals surface area contributed by atoms with Crippen molar-refractivity contribution in [3.63, 3.8) is 0 Å². The van der Waals surface area contributed by atoms with Crippen LogP contribution in [0.4, 0.5) is 5.69 Å². The van der Waals surface area contributed by atoms with E-state index < -0.39 is 5.97 Å². The smallest absolute Gasteiger partial charge is 0.330 e. The molecule has 0 aliphatic rings. The van der Waals surface area contributed by atoms with Gasteiger partial charge in [-0.1, -0.05) is 12.1 Å². The van der Waals surface area contributed by atoms with E-state index in [-0.39, 0.29) is 11.5 Å². The first-order valence-corrected chi connectivity index (χ1v) is 7.03. The van der Waals surface area contributed by atoms with Gasteiger partial charge in [-0.3, -0.25) is 9.59 Å². The number of hydrogen-bond acceptors (Lipinski definition) is 4. The van der Waals surface area contributed by atoms with E-state index in [1.807, 2.05) is 0 Å². The van der Waals surface area contributed by atoms with Crippen molar-refractivity contribution >= 4 is 23.6 Å². The summed E-state index contributed by atoms with van der Waals surface area (Å²) in [5, 5.41) is 2.71. The van der Waals surface area contributed by atoms with Crippen molar-refractivity contribution in [1.82, 2.24) is 4.98 Å². The van der Waals surface area contributed by atoms with Crippen LogP contribution < -0.4 is 10.9 Å². The van der Waals surface area contributed by atoms with Gasteiger partial charge in [0.2, 0.25) is 5.56 Å². The number of pyridine rings is 1. The van der Waals surface area contributed by atoms with E-state index in [9.17, 15) is 14.4 Å². The third-order valence-electron chi connectivity index (χ3n) is 2.91. The SMILES string of the molecule is CCOC(=O)/C=C/c1ccc(NC(=O)c2ccc(=O)[nH]c2)cc1. The minimum absolute atomic E-state index is 0.265. The van der Waals surface area contributed by atoms with Gasteiger partial charge in [-0.15, -0.1) is 0 Å². The maximum Gasteiger partial charge on any atom is 0.330 e. The maximum atomic E-state index is 12.0. The first-order chi connectivity index (χ1) is 11.1. The number of aromatic amines is 1. The highest BCUT2D eigenvalue weighted by Crippen LogP contribution is 2.12. The molecular weight excluding hydrogens is 296 g/mol. The van der Waals surface area contributed by atoms with Gasteiger partial charge in [0.05, 0.1) is 12.2 Å². The summed E-state index contributed by atoms with van der Waals surface area (Å²) in [6.45, 7) is 2.07. The van der Waals surface area contributed by atoms with E-state index in [1.165, 1.54) is 24.4 Å². The fraction of sp³-hybridized carbons (Fsp3) is 0.118. The molecule has 1 amide bonds. The summed E-state index contributed by atoms with van der Waals surface area (Å²) >= 11 is 0. The maximum absolute atomic E-state index is 12.0. The van der Waals surface area contributed by atoms with Crippen LogP contribution in [0.5, 0.6) is 0 Å². The van der Waals surface area contributed by atoms with Crippen LogP contribution in [0, 0.1) is 0 Å². The molecule has 0 aliphatic carbocycles. The Balaban J connectivity index is 1.99. The molecule has 6 nitrogen and oxygen atoms in total. The molecule has 1 heterocycles. The molecule has 0 unspecified atom stereocenters. The van der Waals surface area contributed by atoms with Crippen LogP contribution in [-0.2, 0) is 9.53 Å². The Morgan fingerprint density at radius 1 is 1.17 bits per heavy atom. The van der Waals surface area contributed by atoms with Crippen molar-refractivity contribution in [3.05, 3.63) is 70.2 Å². The van der Waals surface area contributed by atoms with Gasteiger partial charge in [0.1, 0.15) is 0 Å². The molecule has 0 saturated carbocycles. The lowest BCUT2D eigenvalue weighted by molar-refractivity contribution is -0.137. The Morgan fingerprint density at radius 2 is 1.91 bits per heavy atom. The van der Waals surface area contributed by atoms with E-state index >= 15 is 0 Å². The van der Waals surface area contributed by atoms with Crippen LogP contribution in [0.25, 0.3) is 6.08 Å². The number of carbonyl (C=O) groups excluding carboxylic acids is 2. The molecule has 0 bridgehead atoms. The van der Waals surface area contributed by atoms with Gasteiger partial charge in [-0.05, 0) is 36.8 Å². The largest absolute Gasteiger partial charge is 0.463 e. The Bertz CT molecular complexity index is 755. The monoisotopic (exact) mass is 312 g/mol. The summed E-state index contributed by atoms with van der Waals surface area (Å²) < 4.78 is 4.79. The second kappa shape index (κ2) is 7.74. The lowest BCUT2D eigenvalue weighted by atomic mass is 10.2. The van der Waals surface area contributed by atoms with E-state index in [1.54, 1.807) is 37.3 Å². The number of benzene rings is 1. The number of amides is 1. The third-order valence-corrected chi connectivity index (χ3v) is 2.91. The fourth-order valence-electron chi connectivity index (χ4n) is 1.79. The average molecular weight is 312 g/mol. The van der Waals surface area contributed by atoms with Crippen molar-refractivity contribution < 1.29 is 14.3 Å². The molecule has 23 heavy (non-hydrogen) atoms. The number of carbonyl (C=O) groups is 2. The van der Waals surface area contributed by atoms with Gasteiger partial charge in [0, 0.05) is 24.0 Å². The van der Waals surface area contributed by atoms with Gasteiger partial charge in [-0.2, -0.15) is 0 Å². The summed E-state index contributed by atoms with van der Waals surface area (Å²) in [5.41, 5.74) is 1.50. The minimum Gasteiger partial charge on any atom is -0.463 e. The predicted octanol–water partition coefficient (Wildman–Crippen LogP) is 2.20. The first kappa shape index (κ1) is 16.2. The first-order valence-electron chi connectivity index (χ1n) is 7.03. The molecule has 118 valence electrons. The van der Waals surface area contributed by atoms with Crippen LogP contribution in [-0.4, -0.2) is 23.5 Å². The lowest BCUT2D eigenvalue weighted by Crippen LogP contribution is -2.14. The molecule has 0 fully saturated rings. The topological polar surface area (TPSA) is 88.3 Å². The molecule has 0 aliphatic heterocycles. The highest BCUT2D eigenvalue weighted by atomic mass is 16.5. The van der Waals surface area contributed by atoms with Crippen LogP contribution >= 0.6 is 0 Å². The molecule has 2 rings (SSSR count). The number of hydrogen-bond donors (Lipinski definition) is 2. The third kappa shape index (κ3) is 4.96. The second-order valence-corrected chi connectivity index (χ2v) is 4.60.